The highest BCUT2D eigenvalue weighted by Gasteiger charge is 2.46. The molecule has 3 saturated heterocycles. The highest BCUT2D eigenvalue weighted by atomic mass is 19.4. The van der Waals surface area contributed by atoms with Crippen molar-refractivity contribution in [3.63, 3.8) is 0 Å². The molecule has 6 atom stereocenters. The Morgan fingerprint density at radius 2 is 1.83 bits per heavy atom. The zero-order valence-corrected chi connectivity index (χ0v) is 19.7. The lowest BCUT2D eigenvalue weighted by molar-refractivity contribution is -0.137. The Morgan fingerprint density at radius 3 is 2.49 bits per heavy atom. The molecule has 0 spiro atoms. The van der Waals surface area contributed by atoms with Crippen LogP contribution < -0.4 is 5.32 Å². The summed E-state index contributed by atoms with van der Waals surface area (Å²) in [5.74, 6) is 0.845. The van der Waals surface area contributed by atoms with E-state index in [0.717, 1.165) is 38.5 Å². The van der Waals surface area contributed by atoms with Gasteiger partial charge in [0, 0.05) is 37.2 Å². The third kappa shape index (κ3) is 4.53. The van der Waals surface area contributed by atoms with Crippen LogP contribution >= 0.6 is 0 Å². The molecule has 1 N–H and O–H groups in total. The highest BCUT2D eigenvalue weighted by Crippen LogP contribution is 2.44. The molecular formula is C26H30F4N4O. The molecule has 4 fully saturated rings. The second-order valence-corrected chi connectivity index (χ2v) is 10.9. The third-order valence-electron chi connectivity index (χ3n) is 8.47. The van der Waals surface area contributed by atoms with E-state index < -0.39 is 17.6 Å². The average Bonchev–Trinajstić information content (AvgIpc) is 3.57. The fraction of sp³-hybridized carbons (Fsp3) is 0.615. The van der Waals surface area contributed by atoms with Crippen LogP contribution in [-0.4, -0.2) is 53.0 Å². The first-order valence-corrected chi connectivity index (χ1v) is 12.6. The fourth-order valence-electron chi connectivity index (χ4n) is 6.84. The maximum Gasteiger partial charge on any atom is 0.420 e. The molecule has 4 heterocycles. The van der Waals surface area contributed by atoms with Gasteiger partial charge in [-0.2, -0.15) is 13.2 Å². The van der Waals surface area contributed by atoms with Crippen LogP contribution in [0, 0.1) is 30.5 Å². The molecule has 1 aromatic carbocycles. The number of rotatable bonds is 5. The number of halogens is 4. The first kappa shape index (κ1) is 23.2. The number of hydrogen-bond acceptors (Lipinski definition) is 5. The van der Waals surface area contributed by atoms with Crippen molar-refractivity contribution >= 4 is 5.82 Å². The van der Waals surface area contributed by atoms with E-state index in [1.54, 1.807) is 6.92 Å². The zero-order chi connectivity index (χ0) is 24.3. The Bertz CT molecular complexity index is 1100. The number of likely N-dealkylation sites (tertiary alicyclic amines) is 1. The minimum atomic E-state index is -4.59. The van der Waals surface area contributed by atoms with Crippen molar-refractivity contribution in [2.45, 2.75) is 63.5 Å². The van der Waals surface area contributed by atoms with Crippen molar-refractivity contribution in [1.29, 1.82) is 0 Å². The van der Waals surface area contributed by atoms with Crippen molar-refractivity contribution in [3.8, 4) is 11.3 Å². The summed E-state index contributed by atoms with van der Waals surface area (Å²) >= 11 is 0. The molecule has 3 unspecified atom stereocenters. The SMILES string of the molecule is Cc1ccc(F)cc1-c1cc(C(F)(F)F)c(N[C@H]2C[C@@H]3CN(CC4CC5CCC4O5)C[C@@H]3C2)nn1. The highest BCUT2D eigenvalue weighted by molar-refractivity contribution is 5.65. The van der Waals surface area contributed by atoms with E-state index in [2.05, 4.69) is 20.4 Å². The predicted octanol–water partition coefficient (Wildman–Crippen LogP) is 5.30. The normalized spacial score (nSPS) is 32.4. The molecule has 1 saturated carbocycles. The summed E-state index contributed by atoms with van der Waals surface area (Å²) in [4.78, 5) is 2.54. The van der Waals surface area contributed by atoms with Gasteiger partial charge in [-0.3, -0.25) is 0 Å². The van der Waals surface area contributed by atoms with E-state index in [0.29, 0.717) is 41.1 Å². The Kier molecular flexibility index (Phi) is 5.75. The average molecular weight is 491 g/mol. The molecule has 1 aliphatic carbocycles. The van der Waals surface area contributed by atoms with Gasteiger partial charge in [0.25, 0.3) is 0 Å². The third-order valence-corrected chi connectivity index (χ3v) is 8.47. The van der Waals surface area contributed by atoms with Gasteiger partial charge in [0.1, 0.15) is 11.4 Å². The number of benzene rings is 1. The van der Waals surface area contributed by atoms with E-state index in [1.165, 1.54) is 37.5 Å². The molecule has 5 nitrogen and oxygen atoms in total. The molecule has 0 amide bonds. The van der Waals surface area contributed by atoms with Gasteiger partial charge in [-0.1, -0.05) is 6.07 Å². The second kappa shape index (κ2) is 8.69. The lowest BCUT2D eigenvalue weighted by Crippen LogP contribution is -2.34. The largest absolute Gasteiger partial charge is 0.420 e. The Labute approximate surface area is 202 Å². The second-order valence-electron chi connectivity index (χ2n) is 10.9. The maximum atomic E-state index is 13.9. The first-order chi connectivity index (χ1) is 16.7. The standard InChI is InChI=1S/C26H30F4N4O/c1-14-2-3-18(27)9-21(14)23-10-22(26(28,29)30)25(33-32-23)31-19-6-15-11-34(12-16(15)7-19)13-17-8-20-4-5-24(17)35-20/h2-3,9-10,15-17,19-20,24H,4-8,11-13H2,1H3,(H,31,33)/t15-,16+,17?,19+,20?,24?. The summed E-state index contributed by atoms with van der Waals surface area (Å²) < 4.78 is 61.5. The van der Waals surface area contributed by atoms with Crippen LogP contribution in [0.3, 0.4) is 0 Å². The van der Waals surface area contributed by atoms with Gasteiger partial charge in [-0.15, -0.1) is 10.2 Å². The van der Waals surface area contributed by atoms with Crippen LogP contribution in [0.1, 0.15) is 43.2 Å². The number of nitrogens with one attached hydrogen (secondary N) is 1. The van der Waals surface area contributed by atoms with Crippen molar-refractivity contribution < 1.29 is 22.3 Å². The number of anilines is 1. The fourth-order valence-corrected chi connectivity index (χ4v) is 6.84. The van der Waals surface area contributed by atoms with Crippen molar-refractivity contribution in [2.75, 3.05) is 25.0 Å². The molecule has 6 rings (SSSR count). The number of alkyl halides is 3. The quantitative estimate of drug-likeness (QED) is 0.577. The summed E-state index contributed by atoms with van der Waals surface area (Å²) in [6.07, 6.45) is 1.51. The number of ether oxygens (including phenoxy) is 1. The molecule has 2 bridgehead atoms. The Hall–Kier alpha value is -2.26. The van der Waals surface area contributed by atoms with Gasteiger partial charge in [0.05, 0.1) is 17.9 Å². The molecule has 2 aromatic rings. The zero-order valence-electron chi connectivity index (χ0n) is 19.7. The van der Waals surface area contributed by atoms with Crippen LogP contribution in [0.2, 0.25) is 0 Å². The monoisotopic (exact) mass is 490 g/mol. The summed E-state index contributed by atoms with van der Waals surface area (Å²) in [5, 5.41) is 11.0. The molecule has 188 valence electrons. The lowest BCUT2D eigenvalue weighted by atomic mass is 9.89. The van der Waals surface area contributed by atoms with E-state index in [4.69, 9.17) is 4.74 Å². The van der Waals surface area contributed by atoms with Crippen LogP contribution in [0.15, 0.2) is 24.3 Å². The van der Waals surface area contributed by atoms with Gasteiger partial charge in [0.15, 0.2) is 5.82 Å². The van der Waals surface area contributed by atoms with Gasteiger partial charge >= 0.3 is 6.18 Å². The van der Waals surface area contributed by atoms with Gasteiger partial charge < -0.3 is 15.0 Å². The maximum absolute atomic E-state index is 13.9. The molecule has 4 aliphatic rings. The number of aromatic nitrogens is 2. The Balaban J connectivity index is 1.13. The summed E-state index contributed by atoms with van der Waals surface area (Å²) in [6.45, 7) is 4.80. The van der Waals surface area contributed by atoms with E-state index >= 15 is 0 Å². The smallest absolute Gasteiger partial charge is 0.375 e. The summed E-state index contributed by atoms with van der Waals surface area (Å²) in [5.41, 5.74) is 0.107. The molecule has 35 heavy (non-hydrogen) atoms. The van der Waals surface area contributed by atoms with E-state index in [9.17, 15) is 17.6 Å². The van der Waals surface area contributed by atoms with Crippen LogP contribution in [-0.2, 0) is 10.9 Å². The summed E-state index contributed by atoms with van der Waals surface area (Å²) in [6, 6.07) is 4.91. The predicted molar refractivity (Wildman–Crippen MR) is 123 cm³/mol. The van der Waals surface area contributed by atoms with Crippen molar-refractivity contribution in [3.05, 3.63) is 41.2 Å². The van der Waals surface area contributed by atoms with E-state index in [-0.39, 0.29) is 17.6 Å². The number of hydrogen-bond donors (Lipinski definition) is 1. The minimum absolute atomic E-state index is 0.0170. The van der Waals surface area contributed by atoms with Crippen LogP contribution in [0.25, 0.3) is 11.3 Å². The molecular weight excluding hydrogens is 460 g/mol. The van der Waals surface area contributed by atoms with Crippen LogP contribution in [0.5, 0.6) is 0 Å². The molecule has 0 radical (unpaired) electrons. The topological polar surface area (TPSA) is 50.3 Å². The number of nitrogens with zero attached hydrogens (tertiary/aromatic N) is 3. The van der Waals surface area contributed by atoms with E-state index in [1.807, 2.05) is 0 Å². The van der Waals surface area contributed by atoms with Gasteiger partial charge in [-0.25, -0.2) is 4.39 Å². The molecule has 1 aromatic heterocycles. The number of aryl methyl sites for hydroxylation is 1. The van der Waals surface area contributed by atoms with Crippen molar-refractivity contribution in [2.24, 2.45) is 17.8 Å². The van der Waals surface area contributed by atoms with Gasteiger partial charge in [0.2, 0.25) is 0 Å². The van der Waals surface area contributed by atoms with Crippen molar-refractivity contribution in [1.82, 2.24) is 15.1 Å². The molecule has 9 heteroatoms. The first-order valence-electron chi connectivity index (χ1n) is 12.6. The van der Waals surface area contributed by atoms with Crippen LogP contribution in [0.4, 0.5) is 23.4 Å². The minimum Gasteiger partial charge on any atom is -0.375 e. The molecule has 3 aliphatic heterocycles. The Morgan fingerprint density at radius 1 is 1.06 bits per heavy atom. The summed E-state index contributed by atoms with van der Waals surface area (Å²) in [7, 11) is 0. The van der Waals surface area contributed by atoms with Gasteiger partial charge in [-0.05, 0) is 74.6 Å². The lowest BCUT2D eigenvalue weighted by Gasteiger charge is -2.26. The number of fused-ring (bicyclic) bond motifs is 3.